The molecule has 4 aliphatic carbocycles. The fourth-order valence-corrected chi connectivity index (χ4v) is 7.31. The van der Waals surface area contributed by atoms with Gasteiger partial charge in [-0.25, -0.2) is 0 Å². The molecule has 4 bridgehead atoms. The fraction of sp³-hybridized carbons (Fsp3) is 0.867. The maximum atomic E-state index is 5.76. The van der Waals surface area contributed by atoms with Gasteiger partial charge in [0.2, 0.25) is 0 Å². The number of azo groups is 1. The first kappa shape index (κ1) is 11.4. The molecule has 19 heavy (non-hydrogen) atoms. The Balaban J connectivity index is 1.60. The lowest BCUT2D eigenvalue weighted by Gasteiger charge is -2.52. The highest BCUT2D eigenvalue weighted by Gasteiger charge is 2.68. The predicted molar refractivity (Wildman–Crippen MR) is 75.3 cm³/mol. The van der Waals surface area contributed by atoms with Crippen molar-refractivity contribution in [2.45, 2.75) is 35.9 Å². The first-order valence-electron chi connectivity index (χ1n) is 7.54. The minimum atomic E-state index is 0.437. The van der Waals surface area contributed by atoms with E-state index >= 15 is 0 Å². The molecular weight excluding hydrogens is 304 g/mol. The lowest BCUT2D eigenvalue weighted by Crippen LogP contribution is -2.56. The molecule has 10 atom stereocenters. The summed E-state index contributed by atoms with van der Waals surface area (Å²) in [6.07, 6.45) is 7.68. The van der Waals surface area contributed by atoms with Crippen LogP contribution in [0.15, 0.2) is 22.4 Å². The van der Waals surface area contributed by atoms with Gasteiger partial charge in [0.25, 0.3) is 0 Å². The largest absolute Gasteiger partial charge is 0.381 e. The topological polar surface area (TPSA) is 34.0 Å². The molecule has 0 aromatic rings. The summed E-state index contributed by atoms with van der Waals surface area (Å²) in [4.78, 5) is 0.628. The number of rotatable bonds is 1. The molecule has 0 aromatic carbocycles. The van der Waals surface area contributed by atoms with Gasteiger partial charge in [0.05, 0.1) is 18.2 Å². The number of allylic oxidation sites excluding steroid dienone is 1. The third-order valence-corrected chi connectivity index (χ3v) is 7.90. The van der Waals surface area contributed by atoms with E-state index in [0.717, 1.165) is 17.8 Å². The maximum Gasteiger partial charge on any atom is 0.0810 e. The van der Waals surface area contributed by atoms with Crippen molar-refractivity contribution in [3.63, 3.8) is 0 Å². The van der Waals surface area contributed by atoms with E-state index in [1.807, 2.05) is 7.11 Å². The zero-order chi connectivity index (χ0) is 12.7. The van der Waals surface area contributed by atoms with E-state index in [4.69, 9.17) is 15.0 Å². The summed E-state index contributed by atoms with van der Waals surface area (Å²) in [5.41, 5.74) is 0. The number of hydrogen-bond donors (Lipinski definition) is 0. The van der Waals surface area contributed by atoms with Crippen LogP contribution in [0.2, 0.25) is 0 Å². The summed E-state index contributed by atoms with van der Waals surface area (Å²) < 4.78 is 5.76. The smallest absolute Gasteiger partial charge is 0.0810 e. The van der Waals surface area contributed by atoms with Crippen molar-refractivity contribution in [1.82, 2.24) is 0 Å². The van der Waals surface area contributed by atoms with Crippen molar-refractivity contribution >= 4 is 15.9 Å². The summed E-state index contributed by atoms with van der Waals surface area (Å²) >= 11 is 3.98. The SMILES string of the molecule is COC1CC2C(Br)C1C1C3N=NC(C4CC=CC43)C21. The molecule has 0 N–H and O–H groups in total. The molecule has 3 fully saturated rings. The lowest BCUT2D eigenvalue weighted by atomic mass is 9.58. The quantitative estimate of drug-likeness (QED) is 0.539. The molecule has 10 unspecified atom stereocenters. The summed E-state index contributed by atoms with van der Waals surface area (Å²) in [6.45, 7) is 0. The molecule has 4 heteroatoms. The summed E-state index contributed by atoms with van der Waals surface area (Å²) in [5.74, 6) is 4.31. The van der Waals surface area contributed by atoms with E-state index in [9.17, 15) is 0 Å². The Hall–Kier alpha value is -0.220. The van der Waals surface area contributed by atoms with E-state index in [2.05, 4.69) is 28.1 Å². The Kier molecular flexibility index (Phi) is 2.23. The van der Waals surface area contributed by atoms with Crippen LogP contribution < -0.4 is 0 Å². The summed E-state index contributed by atoms with van der Waals surface area (Å²) in [7, 11) is 1.88. The van der Waals surface area contributed by atoms with Crippen LogP contribution in [-0.2, 0) is 4.74 Å². The third kappa shape index (κ3) is 1.20. The molecule has 0 spiro atoms. The normalized spacial score (nSPS) is 63.7. The van der Waals surface area contributed by atoms with E-state index in [-0.39, 0.29) is 0 Å². The van der Waals surface area contributed by atoms with Gasteiger partial charge in [0, 0.05) is 23.8 Å². The molecule has 0 amide bonds. The van der Waals surface area contributed by atoms with Crippen LogP contribution in [0, 0.1) is 35.5 Å². The van der Waals surface area contributed by atoms with Crippen molar-refractivity contribution in [2.24, 2.45) is 45.7 Å². The molecule has 102 valence electrons. The number of halogens is 1. The highest BCUT2D eigenvalue weighted by Crippen LogP contribution is 2.66. The summed E-state index contributed by atoms with van der Waals surface area (Å²) in [5, 5.41) is 9.41. The van der Waals surface area contributed by atoms with E-state index in [1.54, 1.807) is 0 Å². The Labute approximate surface area is 122 Å². The van der Waals surface area contributed by atoms with Crippen molar-refractivity contribution in [3.05, 3.63) is 12.2 Å². The van der Waals surface area contributed by atoms with E-state index in [1.165, 1.54) is 12.8 Å². The predicted octanol–water partition coefficient (Wildman–Crippen LogP) is 3.06. The van der Waals surface area contributed by atoms with Gasteiger partial charge < -0.3 is 4.74 Å². The number of alkyl halides is 1. The molecular formula is C15H19BrN2O. The Bertz CT molecular complexity index is 479. The Morgan fingerprint density at radius 1 is 1.11 bits per heavy atom. The van der Waals surface area contributed by atoms with Crippen molar-refractivity contribution in [1.29, 1.82) is 0 Å². The molecule has 2 aliphatic heterocycles. The number of hydrogen-bond acceptors (Lipinski definition) is 3. The second-order valence-electron chi connectivity index (χ2n) is 6.97. The van der Waals surface area contributed by atoms with Crippen molar-refractivity contribution in [3.8, 4) is 0 Å². The maximum absolute atomic E-state index is 5.76. The van der Waals surface area contributed by atoms with Gasteiger partial charge in [-0.15, -0.1) is 0 Å². The second-order valence-corrected chi connectivity index (χ2v) is 8.02. The number of nitrogens with zero attached hydrogens (tertiary/aromatic N) is 2. The van der Waals surface area contributed by atoms with Crippen LogP contribution in [0.1, 0.15) is 12.8 Å². The van der Waals surface area contributed by atoms with Gasteiger partial charge in [0.1, 0.15) is 0 Å². The number of fused-ring (bicyclic) bond motifs is 2. The van der Waals surface area contributed by atoms with Gasteiger partial charge in [-0.05, 0) is 36.5 Å². The highest BCUT2D eigenvalue weighted by atomic mass is 79.9. The number of methoxy groups -OCH3 is 1. The molecule has 6 rings (SSSR count). The van der Waals surface area contributed by atoms with Gasteiger partial charge >= 0.3 is 0 Å². The first-order chi connectivity index (χ1) is 9.31. The van der Waals surface area contributed by atoms with Crippen LogP contribution in [0.25, 0.3) is 0 Å². The zero-order valence-electron chi connectivity index (χ0n) is 11.0. The second kappa shape index (κ2) is 3.70. The average Bonchev–Trinajstić information content (AvgIpc) is 3.12. The van der Waals surface area contributed by atoms with Crippen molar-refractivity contribution < 1.29 is 4.74 Å². The molecule has 3 nitrogen and oxygen atoms in total. The molecule has 6 aliphatic rings. The minimum absolute atomic E-state index is 0.437. The standard InChI is InChI=1S/C15H19BrN2O/c1-19-9-5-8-10-12(11(9)13(8)16)15-7-4-2-3-6(7)14(10)17-18-15/h2,4,6-15H,3,5H2,1H3. The third-order valence-electron chi connectivity index (χ3n) is 6.61. The van der Waals surface area contributed by atoms with Crippen LogP contribution >= 0.6 is 15.9 Å². The molecule has 2 heterocycles. The fourth-order valence-electron chi connectivity index (χ4n) is 6.05. The molecule has 0 saturated heterocycles. The van der Waals surface area contributed by atoms with E-state index in [0.29, 0.717) is 40.8 Å². The van der Waals surface area contributed by atoms with Crippen LogP contribution in [0.3, 0.4) is 0 Å². The highest BCUT2D eigenvalue weighted by molar-refractivity contribution is 9.09. The van der Waals surface area contributed by atoms with Crippen molar-refractivity contribution in [2.75, 3.05) is 7.11 Å². The van der Waals surface area contributed by atoms with Gasteiger partial charge in [-0.2, -0.15) is 10.2 Å². The minimum Gasteiger partial charge on any atom is -0.381 e. The molecule has 3 saturated carbocycles. The Morgan fingerprint density at radius 3 is 2.79 bits per heavy atom. The van der Waals surface area contributed by atoms with Gasteiger partial charge in [0.15, 0.2) is 0 Å². The van der Waals surface area contributed by atoms with Gasteiger partial charge in [-0.3, -0.25) is 0 Å². The Morgan fingerprint density at radius 2 is 1.95 bits per heavy atom. The van der Waals surface area contributed by atoms with E-state index < -0.39 is 0 Å². The summed E-state index contributed by atoms with van der Waals surface area (Å²) in [6, 6.07) is 0.926. The van der Waals surface area contributed by atoms with Crippen LogP contribution in [0.5, 0.6) is 0 Å². The lowest BCUT2D eigenvalue weighted by molar-refractivity contribution is -0.0464. The van der Waals surface area contributed by atoms with Crippen LogP contribution in [-0.4, -0.2) is 30.1 Å². The van der Waals surface area contributed by atoms with Crippen LogP contribution in [0.4, 0.5) is 0 Å². The number of ether oxygens (including phenoxy) is 1. The average molecular weight is 323 g/mol. The monoisotopic (exact) mass is 322 g/mol. The first-order valence-corrected chi connectivity index (χ1v) is 8.46. The molecule has 0 aromatic heterocycles. The van der Waals surface area contributed by atoms with Gasteiger partial charge in [-0.1, -0.05) is 28.1 Å². The molecule has 0 radical (unpaired) electrons. The zero-order valence-corrected chi connectivity index (χ0v) is 12.6.